The average Bonchev–Trinajstić information content (AvgIpc) is 2.70. The quantitative estimate of drug-likeness (QED) is 0.611. The molecule has 0 bridgehead atoms. The number of Topliss-reactive ketones (excluding diaryl/α,β-unsaturated/α-hetero) is 1. The molecule has 0 aromatic carbocycles. The van der Waals surface area contributed by atoms with E-state index in [2.05, 4.69) is 5.32 Å². The van der Waals surface area contributed by atoms with Crippen LogP contribution in [-0.2, 0) is 4.79 Å². The summed E-state index contributed by atoms with van der Waals surface area (Å²) >= 11 is 0. The smallest absolute Gasteiger partial charge is 0.146 e. The van der Waals surface area contributed by atoms with Crippen LogP contribution in [0.15, 0.2) is 0 Å². The number of hydrogen-bond acceptors (Lipinski definition) is 2. The van der Waals surface area contributed by atoms with Crippen LogP contribution in [0.4, 0.5) is 0 Å². The summed E-state index contributed by atoms with van der Waals surface area (Å²) in [5, 5.41) is 3.32. The van der Waals surface area contributed by atoms with Crippen LogP contribution in [0.25, 0.3) is 0 Å². The molecule has 1 aliphatic carbocycles. The molecular formula is C9H15NO. The number of ketones is 1. The zero-order valence-electron chi connectivity index (χ0n) is 7.02. The summed E-state index contributed by atoms with van der Waals surface area (Å²) in [6, 6.07) is 0.168. The van der Waals surface area contributed by atoms with Crippen molar-refractivity contribution in [1.29, 1.82) is 0 Å². The second-order valence-corrected chi connectivity index (χ2v) is 4.08. The van der Waals surface area contributed by atoms with Gasteiger partial charge in [0.15, 0.2) is 0 Å². The highest BCUT2D eigenvalue weighted by molar-refractivity contribution is 5.81. The van der Waals surface area contributed by atoms with E-state index in [4.69, 9.17) is 0 Å². The van der Waals surface area contributed by atoms with Crippen molar-refractivity contribution in [3.8, 4) is 0 Å². The summed E-state index contributed by atoms with van der Waals surface area (Å²) in [4.78, 5) is 11.0. The van der Waals surface area contributed by atoms with E-state index in [0.717, 1.165) is 13.0 Å². The molecule has 2 heteroatoms. The first kappa shape index (κ1) is 7.29. The van der Waals surface area contributed by atoms with Crippen LogP contribution >= 0.6 is 0 Å². The zero-order chi connectivity index (χ0) is 7.90. The SMILES string of the molecule is CC(=O)C1CCC2(CC2)CN1. The number of carbonyl (C=O) groups excluding carboxylic acids is 1. The monoisotopic (exact) mass is 153 g/mol. The second kappa shape index (κ2) is 2.31. The van der Waals surface area contributed by atoms with Gasteiger partial charge in [0.25, 0.3) is 0 Å². The summed E-state index contributed by atoms with van der Waals surface area (Å²) < 4.78 is 0. The molecule has 1 N–H and O–H groups in total. The molecule has 2 fully saturated rings. The summed E-state index contributed by atoms with van der Waals surface area (Å²) in [6.45, 7) is 2.76. The van der Waals surface area contributed by atoms with Crippen molar-refractivity contribution in [2.24, 2.45) is 5.41 Å². The van der Waals surface area contributed by atoms with Crippen LogP contribution in [-0.4, -0.2) is 18.4 Å². The van der Waals surface area contributed by atoms with Crippen molar-refractivity contribution in [2.45, 2.75) is 38.6 Å². The van der Waals surface area contributed by atoms with E-state index >= 15 is 0 Å². The Morgan fingerprint density at radius 3 is 2.55 bits per heavy atom. The Hall–Kier alpha value is -0.370. The van der Waals surface area contributed by atoms with E-state index in [9.17, 15) is 4.79 Å². The molecular weight excluding hydrogens is 138 g/mol. The minimum absolute atomic E-state index is 0.168. The maximum atomic E-state index is 11.0. The molecule has 1 saturated carbocycles. The first-order chi connectivity index (χ1) is 5.22. The third-order valence-electron chi connectivity index (χ3n) is 3.13. The highest BCUT2D eigenvalue weighted by Gasteiger charge is 2.45. The van der Waals surface area contributed by atoms with E-state index in [1.807, 2.05) is 0 Å². The van der Waals surface area contributed by atoms with Crippen molar-refractivity contribution >= 4 is 5.78 Å². The van der Waals surface area contributed by atoms with Gasteiger partial charge in [-0.25, -0.2) is 0 Å². The third-order valence-corrected chi connectivity index (χ3v) is 3.13. The van der Waals surface area contributed by atoms with Crippen molar-refractivity contribution < 1.29 is 4.79 Å². The van der Waals surface area contributed by atoms with Gasteiger partial charge in [-0.05, 0) is 38.0 Å². The Balaban J connectivity index is 1.89. The Labute approximate surface area is 67.4 Å². The topological polar surface area (TPSA) is 29.1 Å². The van der Waals surface area contributed by atoms with E-state index < -0.39 is 0 Å². The fraction of sp³-hybridized carbons (Fsp3) is 0.889. The maximum Gasteiger partial charge on any atom is 0.146 e. The van der Waals surface area contributed by atoms with E-state index in [-0.39, 0.29) is 6.04 Å². The molecule has 0 amide bonds. The Morgan fingerprint density at radius 1 is 1.45 bits per heavy atom. The van der Waals surface area contributed by atoms with Crippen LogP contribution in [0, 0.1) is 5.41 Å². The van der Waals surface area contributed by atoms with Gasteiger partial charge in [-0.15, -0.1) is 0 Å². The molecule has 0 radical (unpaired) electrons. The third kappa shape index (κ3) is 1.32. The van der Waals surface area contributed by atoms with Crippen LogP contribution in [0.5, 0.6) is 0 Å². The van der Waals surface area contributed by atoms with Gasteiger partial charge in [-0.3, -0.25) is 4.79 Å². The zero-order valence-corrected chi connectivity index (χ0v) is 7.02. The lowest BCUT2D eigenvalue weighted by molar-refractivity contribution is -0.119. The van der Waals surface area contributed by atoms with Crippen LogP contribution < -0.4 is 5.32 Å². The number of nitrogens with one attached hydrogen (secondary N) is 1. The molecule has 1 spiro atoms. The number of carbonyl (C=O) groups is 1. The molecule has 11 heavy (non-hydrogen) atoms. The van der Waals surface area contributed by atoms with Crippen molar-refractivity contribution in [3.05, 3.63) is 0 Å². The molecule has 0 aromatic heterocycles. The summed E-state index contributed by atoms with van der Waals surface area (Å²) in [7, 11) is 0. The van der Waals surface area contributed by atoms with Gasteiger partial charge in [-0.2, -0.15) is 0 Å². The molecule has 1 aliphatic heterocycles. The Bertz CT molecular complexity index is 174. The normalized spacial score (nSPS) is 33.7. The van der Waals surface area contributed by atoms with Gasteiger partial charge in [0, 0.05) is 6.54 Å². The van der Waals surface area contributed by atoms with Crippen LogP contribution in [0.2, 0.25) is 0 Å². The summed E-state index contributed by atoms with van der Waals surface area (Å²) in [5.74, 6) is 0.306. The van der Waals surface area contributed by atoms with Crippen molar-refractivity contribution in [2.75, 3.05) is 6.54 Å². The largest absolute Gasteiger partial charge is 0.307 e. The molecule has 2 rings (SSSR count). The second-order valence-electron chi connectivity index (χ2n) is 4.08. The number of rotatable bonds is 1. The van der Waals surface area contributed by atoms with Crippen LogP contribution in [0.1, 0.15) is 32.6 Å². The lowest BCUT2D eigenvalue weighted by Crippen LogP contribution is -2.43. The van der Waals surface area contributed by atoms with E-state index in [1.54, 1.807) is 6.92 Å². The predicted octanol–water partition coefficient (Wildman–Crippen LogP) is 1.11. The molecule has 1 atom stereocenters. The van der Waals surface area contributed by atoms with Gasteiger partial charge in [0.05, 0.1) is 6.04 Å². The van der Waals surface area contributed by atoms with Gasteiger partial charge >= 0.3 is 0 Å². The fourth-order valence-corrected chi connectivity index (χ4v) is 1.93. The minimum atomic E-state index is 0.168. The summed E-state index contributed by atoms with van der Waals surface area (Å²) in [5.41, 5.74) is 0.631. The minimum Gasteiger partial charge on any atom is -0.307 e. The highest BCUT2D eigenvalue weighted by Crippen LogP contribution is 2.50. The first-order valence-electron chi connectivity index (χ1n) is 4.46. The Morgan fingerprint density at radius 2 is 2.18 bits per heavy atom. The standard InChI is InChI=1S/C9H15NO/c1-7(11)8-2-3-9(4-5-9)6-10-8/h8,10H,2-6H2,1H3. The Kier molecular flexibility index (Phi) is 1.53. The average molecular weight is 153 g/mol. The van der Waals surface area contributed by atoms with Gasteiger partial charge in [0.1, 0.15) is 5.78 Å². The van der Waals surface area contributed by atoms with E-state index in [0.29, 0.717) is 11.2 Å². The fourth-order valence-electron chi connectivity index (χ4n) is 1.93. The highest BCUT2D eigenvalue weighted by atomic mass is 16.1. The lowest BCUT2D eigenvalue weighted by atomic mass is 9.91. The van der Waals surface area contributed by atoms with Crippen LogP contribution in [0.3, 0.4) is 0 Å². The maximum absolute atomic E-state index is 11.0. The molecule has 1 heterocycles. The van der Waals surface area contributed by atoms with Crippen molar-refractivity contribution in [1.82, 2.24) is 5.32 Å². The predicted molar refractivity (Wildman–Crippen MR) is 43.4 cm³/mol. The molecule has 2 aliphatic rings. The van der Waals surface area contributed by atoms with Crippen molar-refractivity contribution in [3.63, 3.8) is 0 Å². The molecule has 2 nitrogen and oxygen atoms in total. The summed E-state index contributed by atoms with van der Waals surface area (Å²) in [6.07, 6.45) is 5.09. The molecule has 1 saturated heterocycles. The van der Waals surface area contributed by atoms with Gasteiger partial charge in [0.2, 0.25) is 0 Å². The molecule has 62 valence electrons. The first-order valence-corrected chi connectivity index (χ1v) is 4.46. The van der Waals surface area contributed by atoms with Gasteiger partial charge < -0.3 is 5.32 Å². The molecule has 1 unspecified atom stereocenters. The number of hydrogen-bond donors (Lipinski definition) is 1. The lowest BCUT2D eigenvalue weighted by Gasteiger charge is -2.28. The molecule has 0 aromatic rings. The van der Waals surface area contributed by atoms with E-state index in [1.165, 1.54) is 19.3 Å². The number of piperidine rings is 1. The van der Waals surface area contributed by atoms with Gasteiger partial charge in [-0.1, -0.05) is 0 Å².